The molecule has 0 saturated carbocycles. The van der Waals surface area contributed by atoms with E-state index in [1.165, 1.54) is 19.2 Å². The zero-order valence-electron chi connectivity index (χ0n) is 11.7. The van der Waals surface area contributed by atoms with Crippen LogP contribution in [0.25, 0.3) is 0 Å². The van der Waals surface area contributed by atoms with Crippen molar-refractivity contribution in [2.75, 3.05) is 7.05 Å². The van der Waals surface area contributed by atoms with E-state index in [1.54, 1.807) is 6.07 Å². The van der Waals surface area contributed by atoms with Crippen LogP contribution in [-0.2, 0) is 10.0 Å². The van der Waals surface area contributed by atoms with E-state index in [2.05, 4.69) is 26.0 Å². The molecule has 0 radical (unpaired) electrons. The molecule has 1 aromatic rings. The molecule has 0 fully saturated rings. The monoisotopic (exact) mass is 362 g/mol. The molecule has 0 unspecified atom stereocenters. The van der Waals surface area contributed by atoms with Crippen molar-refractivity contribution in [2.45, 2.75) is 37.6 Å². The van der Waals surface area contributed by atoms with Crippen LogP contribution < -0.4 is 10.0 Å². The van der Waals surface area contributed by atoms with Crippen molar-refractivity contribution in [3.05, 3.63) is 28.2 Å². The van der Waals surface area contributed by atoms with Crippen molar-refractivity contribution >= 4 is 31.9 Å². The van der Waals surface area contributed by atoms with Crippen molar-refractivity contribution in [1.29, 1.82) is 0 Å². The maximum absolute atomic E-state index is 12.2. The van der Waals surface area contributed by atoms with Gasteiger partial charge in [0, 0.05) is 10.5 Å². The van der Waals surface area contributed by atoms with E-state index < -0.39 is 10.0 Å². The van der Waals surface area contributed by atoms with Crippen LogP contribution >= 0.6 is 15.9 Å². The molecule has 0 aliphatic heterocycles. The molecule has 0 aliphatic carbocycles. The third-order valence-electron chi connectivity index (χ3n) is 2.86. The maximum atomic E-state index is 12.2. The van der Waals surface area contributed by atoms with Crippen molar-refractivity contribution in [3.63, 3.8) is 0 Å². The summed E-state index contributed by atoms with van der Waals surface area (Å²) in [6, 6.07) is 4.42. The van der Waals surface area contributed by atoms with Crippen LogP contribution in [0.15, 0.2) is 27.6 Å². The molecule has 1 rings (SSSR count). The van der Waals surface area contributed by atoms with E-state index in [9.17, 15) is 13.2 Å². The van der Waals surface area contributed by atoms with E-state index in [0.717, 1.165) is 12.8 Å². The lowest BCUT2D eigenvalue weighted by Gasteiger charge is -2.14. The van der Waals surface area contributed by atoms with Crippen molar-refractivity contribution in [2.24, 2.45) is 0 Å². The molecule has 1 amide bonds. The predicted octanol–water partition coefficient (Wildman–Crippen LogP) is 2.28. The minimum atomic E-state index is -3.56. The SMILES string of the molecule is CCC[C@H](C)NC(=O)c1cc(S(=O)(=O)NC)ccc1Br. The van der Waals surface area contributed by atoms with Crippen LogP contribution in [0.2, 0.25) is 0 Å². The van der Waals surface area contributed by atoms with Gasteiger partial charge in [0.2, 0.25) is 10.0 Å². The summed E-state index contributed by atoms with van der Waals surface area (Å²) in [6.45, 7) is 3.96. The van der Waals surface area contributed by atoms with Gasteiger partial charge < -0.3 is 5.32 Å². The lowest BCUT2D eigenvalue weighted by Crippen LogP contribution is -2.32. The van der Waals surface area contributed by atoms with Crippen LogP contribution in [0, 0.1) is 0 Å². The summed E-state index contributed by atoms with van der Waals surface area (Å²) in [7, 11) is -2.23. The number of rotatable bonds is 6. The van der Waals surface area contributed by atoms with Gasteiger partial charge in [-0.1, -0.05) is 13.3 Å². The highest BCUT2D eigenvalue weighted by Gasteiger charge is 2.18. The molecule has 2 N–H and O–H groups in total. The minimum absolute atomic E-state index is 0.0453. The first-order valence-corrected chi connectivity index (χ1v) is 8.63. The standard InChI is InChI=1S/C13H19BrN2O3S/c1-4-5-9(2)16-13(17)11-8-10(6-7-12(11)14)20(18,19)15-3/h6-9,15H,4-5H2,1-3H3,(H,16,17)/t9-/m0/s1. The van der Waals surface area contributed by atoms with E-state index >= 15 is 0 Å². The molecule has 0 saturated heterocycles. The summed E-state index contributed by atoms with van der Waals surface area (Å²) < 4.78 is 26.3. The lowest BCUT2D eigenvalue weighted by atomic mass is 10.1. The van der Waals surface area contributed by atoms with Gasteiger partial charge in [0.05, 0.1) is 10.5 Å². The van der Waals surface area contributed by atoms with Gasteiger partial charge in [-0.2, -0.15) is 0 Å². The Balaban J connectivity index is 3.06. The number of hydrogen-bond acceptors (Lipinski definition) is 3. The zero-order valence-corrected chi connectivity index (χ0v) is 14.1. The second-order valence-electron chi connectivity index (χ2n) is 4.51. The first-order chi connectivity index (χ1) is 9.31. The lowest BCUT2D eigenvalue weighted by molar-refractivity contribution is 0.0937. The van der Waals surface area contributed by atoms with Gasteiger partial charge in [0.15, 0.2) is 0 Å². The Morgan fingerprint density at radius 1 is 1.40 bits per heavy atom. The summed E-state index contributed by atoms with van der Waals surface area (Å²) in [6.07, 6.45) is 1.84. The van der Waals surface area contributed by atoms with Gasteiger partial charge in [-0.15, -0.1) is 0 Å². The molecule has 0 spiro atoms. The average molecular weight is 363 g/mol. The molecule has 1 aromatic carbocycles. The second-order valence-corrected chi connectivity index (χ2v) is 7.25. The van der Waals surface area contributed by atoms with Gasteiger partial charge in [0.25, 0.3) is 5.91 Å². The smallest absolute Gasteiger partial charge is 0.252 e. The summed E-state index contributed by atoms with van der Waals surface area (Å²) in [5, 5.41) is 2.85. The largest absolute Gasteiger partial charge is 0.350 e. The molecule has 7 heteroatoms. The molecule has 5 nitrogen and oxygen atoms in total. The summed E-state index contributed by atoms with van der Waals surface area (Å²) >= 11 is 3.27. The fourth-order valence-electron chi connectivity index (χ4n) is 1.77. The Kier molecular flexibility index (Phi) is 6.16. The first-order valence-electron chi connectivity index (χ1n) is 6.35. The van der Waals surface area contributed by atoms with Crippen LogP contribution in [0.4, 0.5) is 0 Å². The fraction of sp³-hybridized carbons (Fsp3) is 0.462. The Morgan fingerprint density at radius 3 is 2.60 bits per heavy atom. The van der Waals surface area contributed by atoms with Crippen LogP contribution in [0.1, 0.15) is 37.0 Å². The van der Waals surface area contributed by atoms with E-state index in [0.29, 0.717) is 10.0 Å². The number of carbonyl (C=O) groups excluding carboxylic acids is 1. The normalized spacial score (nSPS) is 13.0. The number of carbonyl (C=O) groups is 1. The average Bonchev–Trinajstić information content (AvgIpc) is 2.39. The summed E-state index contributed by atoms with van der Waals surface area (Å²) in [5.41, 5.74) is 0.310. The molecule has 0 aliphatic rings. The Labute approximate surface area is 128 Å². The van der Waals surface area contributed by atoms with Crippen LogP contribution in [0.5, 0.6) is 0 Å². The molecule has 20 heavy (non-hydrogen) atoms. The van der Waals surface area contributed by atoms with Gasteiger partial charge >= 0.3 is 0 Å². The van der Waals surface area contributed by atoms with Gasteiger partial charge in [-0.25, -0.2) is 13.1 Å². The summed E-state index contributed by atoms with van der Waals surface area (Å²) in [5.74, 6) is -0.286. The first kappa shape index (κ1) is 17.1. The minimum Gasteiger partial charge on any atom is -0.350 e. The van der Waals surface area contributed by atoms with Crippen molar-refractivity contribution in [3.8, 4) is 0 Å². The molecule has 0 heterocycles. The Hall–Kier alpha value is -0.920. The van der Waals surface area contributed by atoms with Gasteiger partial charge in [-0.3, -0.25) is 4.79 Å². The molecule has 112 valence electrons. The number of benzene rings is 1. The zero-order chi connectivity index (χ0) is 15.3. The number of nitrogens with one attached hydrogen (secondary N) is 2. The quantitative estimate of drug-likeness (QED) is 0.814. The highest BCUT2D eigenvalue weighted by atomic mass is 79.9. The fourth-order valence-corrected chi connectivity index (χ4v) is 2.95. The number of hydrogen-bond donors (Lipinski definition) is 2. The van der Waals surface area contributed by atoms with Crippen molar-refractivity contribution < 1.29 is 13.2 Å². The highest BCUT2D eigenvalue weighted by Crippen LogP contribution is 2.21. The molecule has 1 atom stereocenters. The van der Waals surface area contributed by atoms with Crippen molar-refractivity contribution in [1.82, 2.24) is 10.0 Å². The van der Waals surface area contributed by atoms with Crippen LogP contribution in [0.3, 0.4) is 0 Å². The third-order valence-corrected chi connectivity index (χ3v) is 4.96. The second kappa shape index (κ2) is 7.19. The molecular formula is C13H19BrN2O3S. The topological polar surface area (TPSA) is 75.3 Å². The molecular weight excluding hydrogens is 344 g/mol. The van der Waals surface area contributed by atoms with Crippen LogP contribution in [-0.4, -0.2) is 27.4 Å². The maximum Gasteiger partial charge on any atom is 0.252 e. The van der Waals surface area contributed by atoms with Gasteiger partial charge in [-0.05, 0) is 54.5 Å². The Morgan fingerprint density at radius 2 is 2.05 bits per heavy atom. The Bertz CT molecular complexity index is 587. The number of halogens is 1. The van der Waals surface area contributed by atoms with E-state index in [-0.39, 0.29) is 16.8 Å². The number of amides is 1. The molecule has 0 aromatic heterocycles. The van der Waals surface area contributed by atoms with E-state index in [1.807, 2.05) is 13.8 Å². The van der Waals surface area contributed by atoms with E-state index in [4.69, 9.17) is 0 Å². The van der Waals surface area contributed by atoms with Gasteiger partial charge in [0.1, 0.15) is 0 Å². The third kappa shape index (κ3) is 4.29. The highest BCUT2D eigenvalue weighted by molar-refractivity contribution is 9.10. The number of sulfonamides is 1. The summed E-state index contributed by atoms with van der Waals surface area (Å²) in [4.78, 5) is 12.2. The predicted molar refractivity (Wildman–Crippen MR) is 82.2 cm³/mol. The molecule has 0 bridgehead atoms.